The quantitative estimate of drug-likeness (QED) is 0.450. The van der Waals surface area contributed by atoms with Gasteiger partial charge in [-0.25, -0.2) is 17.9 Å². The van der Waals surface area contributed by atoms with Crippen LogP contribution in [0, 0.1) is 11.8 Å². The minimum Gasteiger partial charge on any atom is -0.394 e. The highest BCUT2D eigenvalue weighted by Gasteiger charge is 2.44. The van der Waals surface area contributed by atoms with E-state index < -0.39 is 51.5 Å². The molecule has 240 valence electrons. The van der Waals surface area contributed by atoms with E-state index in [1.165, 1.54) is 18.4 Å². The smallest absolute Gasteiger partial charge is 0.394 e. The van der Waals surface area contributed by atoms with Gasteiger partial charge in [-0.2, -0.15) is 13.2 Å². The van der Waals surface area contributed by atoms with Crippen molar-refractivity contribution in [2.24, 2.45) is 16.9 Å². The van der Waals surface area contributed by atoms with Gasteiger partial charge in [0.15, 0.2) is 0 Å². The second-order valence-electron chi connectivity index (χ2n) is 12.7. The van der Waals surface area contributed by atoms with Gasteiger partial charge in [-0.3, -0.25) is 9.80 Å². The molecular formula is C28H46F3N5O5S. The largest absolute Gasteiger partial charge is 0.471 e. The summed E-state index contributed by atoms with van der Waals surface area (Å²) in [6.45, 7) is 2.50. The van der Waals surface area contributed by atoms with E-state index in [1.807, 2.05) is 5.01 Å². The summed E-state index contributed by atoms with van der Waals surface area (Å²) in [6.07, 6.45) is 4.22. The van der Waals surface area contributed by atoms with Crippen LogP contribution in [0.2, 0.25) is 0 Å². The Morgan fingerprint density at radius 1 is 1.02 bits per heavy atom. The lowest BCUT2D eigenvalue weighted by Gasteiger charge is -2.42. The first-order valence-corrected chi connectivity index (χ1v) is 16.9. The lowest BCUT2D eigenvalue weighted by Crippen LogP contribution is -2.54. The summed E-state index contributed by atoms with van der Waals surface area (Å²) in [5.41, 5.74) is 0. The third kappa shape index (κ3) is 8.29. The molecule has 4 aliphatic rings. The summed E-state index contributed by atoms with van der Waals surface area (Å²) >= 11 is 0. The lowest BCUT2D eigenvalue weighted by molar-refractivity contribution is -0.184. The van der Waals surface area contributed by atoms with E-state index >= 15 is 0 Å². The number of halogens is 3. The van der Waals surface area contributed by atoms with Gasteiger partial charge in [-0.1, -0.05) is 26.2 Å². The van der Waals surface area contributed by atoms with E-state index in [4.69, 9.17) is 4.74 Å². The fourth-order valence-corrected chi connectivity index (χ4v) is 8.82. The zero-order valence-electron chi connectivity index (χ0n) is 24.9. The van der Waals surface area contributed by atoms with Crippen molar-refractivity contribution in [2.75, 3.05) is 27.2 Å². The fraction of sp³-hybridized carbons (Fsp3) is 0.893. The van der Waals surface area contributed by atoms with E-state index in [-0.39, 0.29) is 13.0 Å². The average Bonchev–Trinajstić information content (AvgIpc) is 3.41. The topological polar surface area (TPSA) is 112 Å². The van der Waals surface area contributed by atoms with Gasteiger partial charge in [-0.15, -0.1) is 5.10 Å². The Balaban J connectivity index is 1.42. The number of hydrogen-bond acceptors (Lipinski definition) is 7. The predicted molar refractivity (Wildman–Crippen MR) is 152 cm³/mol. The zero-order chi connectivity index (χ0) is 30.7. The van der Waals surface area contributed by atoms with Crippen LogP contribution in [0.25, 0.3) is 0 Å². The highest BCUT2D eigenvalue weighted by atomic mass is 32.2. The van der Waals surface area contributed by atoms with Crippen LogP contribution >= 0.6 is 0 Å². The SMILES string of the molecule is CC1CCC(S(=O)(=O)NC2CCC(N(C)C(=O)OC3=NN(C4CCCCC4)CC3)C(CN(C)C(=O)C(F)(F)F)C2)CC1. The minimum atomic E-state index is -5.03. The second kappa shape index (κ2) is 13.7. The van der Waals surface area contributed by atoms with Gasteiger partial charge in [0, 0.05) is 51.7 Å². The molecule has 10 nitrogen and oxygen atoms in total. The molecule has 1 heterocycles. The number of carbonyl (C=O) groups is 2. The Hall–Kier alpha value is -2.09. The van der Waals surface area contributed by atoms with Crippen molar-refractivity contribution in [1.29, 1.82) is 0 Å². The van der Waals surface area contributed by atoms with Crippen molar-refractivity contribution in [1.82, 2.24) is 19.5 Å². The summed E-state index contributed by atoms with van der Waals surface area (Å²) in [7, 11) is -1.00. The van der Waals surface area contributed by atoms with Crippen molar-refractivity contribution in [3.8, 4) is 0 Å². The monoisotopic (exact) mass is 621 g/mol. The molecule has 0 bridgehead atoms. The molecule has 3 saturated carbocycles. The maximum atomic E-state index is 13.2. The summed E-state index contributed by atoms with van der Waals surface area (Å²) in [4.78, 5) is 27.1. The third-order valence-electron chi connectivity index (χ3n) is 9.55. The van der Waals surface area contributed by atoms with Crippen LogP contribution in [0.15, 0.2) is 5.10 Å². The zero-order valence-corrected chi connectivity index (χ0v) is 25.8. The highest BCUT2D eigenvalue weighted by Crippen LogP contribution is 2.33. The van der Waals surface area contributed by atoms with Crippen molar-refractivity contribution < 1.29 is 35.9 Å². The molecule has 2 amide bonds. The number of hydrogen-bond donors (Lipinski definition) is 1. The van der Waals surface area contributed by atoms with Crippen LogP contribution in [0.3, 0.4) is 0 Å². The van der Waals surface area contributed by atoms with E-state index in [9.17, 15) is 31.2 Å². The Kier molecular flexibility index (Phi) is 10.7. The lowest BCUT2D eigenvalue weighted by atomic mass is 9.81. The van der Waals surface area contributed by atoms with E-state index in [0.29, 0.717) is 61.4 Å². The molecular weight excluding hydrogens is 575 g/mol. The standard InChI is InChI=1S/C28H46F3N5O5S/c1-19-9-12-23(13-10-19)42(39,40)33-21-11-14-24(20(17-21)18-34(2)26(37)28(29,30)31)35(3)27(38)41-25-15-16-36(32-25)22-7-5-4-6-8-22/h19-24,33H,4-18H2,1-3H3. The van der Waals surface area contributed by atoms with Gasteiger partial charge in [0.1, 0.15) is 0 Å². The van der Waals surface area contributed by atoms with Crippen LogP contribution in [-0.2, 0) is 19.6 Å². The summed E-state index contributed by atoms with van der Waals surface area (Å²) in [6, 6.07) is -0.707. The molecule has 3 fully saturated rings. The second-order valence-corrected chi connectivity index (χ2v) is 14.7. The molecule has 14 heteroatoms. The van der Waals surface area contributed by atoms with Gasteiger partial charge in [0.2, 0.25) is 15.9 Å². The Bertz CT molecular complexity index is 1090. The molecule has 1 N–H and O–H groups in total. The molecule has 3 atom stereocenters. The van der Waals surface area contributed by atoms with E-state index in [2.05, 4.69) is 16.7 Å². The first-order valence-electron chi connectivity index (χ1n) is 15.4. The molecule has 3 unspecified atom stereocenters. The summed E-state index contributed by atoms with van der Waals surface area (Å²) in [5, 5.41) is 6.03. The van der Waals surface area contributed by atoms with Crippen LogP contribution in [0.5, 0.6) is 0 Å². The molecule has 0 saturated heterocycles. The molecule has 0 spiro atoms. The fourth-order valence-electron chi connectivity index (χ4n) is 7.06. The first kappa shape index (κ1) is 32.8. The van der Waals surface area contributed by atoms with Crippen molar-refractivity contribution in [3.05, 3.63) is 0 Å². The number of sulfonamides is 1. The number of amides is 2. The number of hydrazone groups is 1. The summed E-state index contributed by atoms with van der Waals surface area (Å²) < 4.78 is 74.3. The van der Waals surface area contributed by atoms with E-state index in [0.717, 1.165) is 45.6 Å². The van der Waals surface area contributed by atoms with E-state index in [1.54, 1.807) is 0 Å². The molecule has 0 aromatic rings. The molecule has 0 aromatic carbocycles. The highest BCUT2D eigenvalue weighted by molar-refractivity contribution is 7.90. The number of nitrogens with one attached hydrogen (secondary N) is 1. The Morgan fingerprint density at radius 2 is 1.69 bits per heavy atom. The van der Waals surface area contributed by atoms with Crippen LogP contribution < -0.4 is 4.72 Å². The number of rotatable bonds is 7. The molecule has 3 aliphatic carbocycles. The van der Waals surface area contributed by atoms with Gasteiger partial charge in [0.25, 0.3) is 0 Å². The Morgan fingerprint density at radius 3 is 2.33 bits per heavy atom. The van der Waals surface area contributed by atoms with Crippen LogP contribution in [-0.4, -0.2) is 97.9 Å². The van der Waals surface area contributed by atoms with Crippen LogP contribution in [0.1, 0.15) is 90.4 Å². The minimum absolute atomic E-state index is 0.191. The molecule has 4 rings (SSSR count). The van der Waals surface area contributed by atoms with Crippen molar-refractivity contribution in [2.45, 2.75) is 120 Å². The predicted octanol–water partition coefficient (Wildman–Crippen LogP) is 4.46. The molecule has 0 radical (unpaired) electrons. The molecule has 0 aromatic heterocycles. The van der Waals surface area contributed by atoms with Gasteiger partial charge >= 0.3 is 18.2 Å². The van der Waals surface area contributed by atoms with Gasteiger partial charge in [-0.05, 0) is 69.6 Å². The normalized spacial score (nSPS) is 29.6. The third-order valence-corrected chi connectivity index (χ3v) is 11.6. The van der Waals surface area contributed by atoms with Crippen molar-refractivity contribution >= 4 is 27.9 Å². The van der Waals surface area contributed by atoms with Crippen LogP contribution in [0.4, 0.5) is 18.0 Å². The maximum absolute atomic E-state index is 13.2. The maximum Gasteiger partial charge on any atom is 0.471 e. The number of ether oxygens (including phenoxy) is 1. The van der Waals surface area contributed by atoms with Gasteiger partial charge in [0.05, 0.1) is 5.25 Å². The van der Waals surface area contributed by atoms with Gasteiger partial charge < -0.3 is 14.5 Å². The molecule has 1 aliphatic heterocycles. The number of carbonyl (C=O) groups excluding carboxylic acids is 2. The number of nitrogens with zero attached hydrogens (tertiary/aromatic N) is 4. The summed E-state index contributed by atoms with van der Waals surface area (Å²) in [5.74, 6) is -1.77. The number of alkyl halides is 3. The first-order chi connectivity index (χ1) is 19.7. The average molecular weight is 622 g/mol. The Labute approximate surface area is 247 Å². The molecule has 42 heavy (non-hydrogen) atoms. The van der Waals surface area contributed by atoms with Crippen molar-refractivity contribution in [3.63, 3.8) is 0 Å².